The van der Waals surface area contributed by atoms with Gasteiger partial charge in [0.05, 0.1) is 11.3 Å². The average molecular weight is 455 g/mol. The van der Waals surface area contributed by atoms with E-state index in [-0.39, 0.29) is 23.0 Å². The van der Waals surface area contributed by atoms with Crippen molar-refractivity contribution in [3.8, 4) is 6.07 Å². The Hall–Kier alpha value is -2.85. The van der Waals surface area contributed by atoms with Crippen molar-refractivity contribution >= 4 is 23.5 Å². The average Bonchev–Trinajstić information content (AvgIpc) is 2.81. The molecule has 0 N–H and O–H groups in total. The summed E-state index contributed by atoms with van der Waals surface area (Å²) in [5, 5.41) is 9.12. The lowest BCUT2D eigenvalue weighted by molar-refractivity contribution is -0.128. The molecule has 0 saturated carbocycles. The second-order valence-corrected chi connectivity index (χ2v) is 8.83. The van der Waals surface area contributed by atoms with Gasteiger partial charge in [-0.05, 0) is 57.0 Å². The van der Waals surface area contributed by atoms with Crippen molar-refractivity contribution in [2.24, 2.45) is 0 Å². The highest BCUT2D eigenvalue weighted by molar-refractivity contribution is 8.00. The molecule has 0 aliphatic heterocycles. The number of hydrogen-bond donors (Lipinski definition) is 0. The third kappa shape index (κ3) is 7.38. The third-order valence-corrected chi connectivity index (χ3v) is 6.32. The zero-order chi connectivity index (χ0) is 23.5. The van der Waals surface area contributed by atoms with E-state index in [4.69, 9.17) is 5.26 Å². The Morgan fingerprint density at radius 2 is 1.94 bits per heavy atom. The number of amides is 1. The maximum Gasteiger partial charge on any atom is 0.232 e. The summed E-state index contributed by atoms with van der Waals surface area (Å²) in [6, 6.07) is 12.1. The predicted octanol–water partition coefficient (Wildman–Crippen LogP) is 5.55. The molecule has 0 saturated heterocycles. The van der Waals surface area contributed by atoms with E-state index in [1.54, 1.807) is 36.2 Å². The van der Waals surface area contributed by atoms with Crippen molar-refractivity contribution in [1.29, 1.82) is 5.26 Å². The summed E-state index contributed by atoms with van der Waals surface area (Å²) in [7, 11) is 0. The van der Waals surface area contributed by atoms with E-state index < -0.39 is 0 Å². The number of rotatable bonds is 11. The number of benzene rings is 1. The highest BCUT2D eigenvalue weighted by Crippen LogP contribution is 2.28. The number of allylic oxidation sites excluding steroid dienone is 1. The lowest BCUT2D eigenvalue weighted by Crippen LogP contribution is -2.43. The monoisotopic (exact) mass is 454 g/mol. The Kier molecular flexibility index (Phi) is 10.2. The van der Waals surface area contributed by atoms with E-state index >= 15 is 0 Å². The fraction of sp³-hybridized carbons (Fsp3) is 0.400. The van der Waals surface area contributed by atoms with Crippen molar-refractivity contribution in [3.63, 3.8) is 0 Å². The lowest BCUT2D eigenvalue weighted by Gasteiger charge is -2.32. The van der Waals surface area contributed by atoms with Gasteiger partial charge in [0.1, 0.15) is 17.7 Å². The number of pyridine rings is 1. The second kappa shape index (κ2) is 12.9. The molecule has 0 spiro atoms. The molecule has 2 rings (SSSR count). The smallest absolute Gasteiger partial charge is 0.232 e. The first kappa shape index (κ1) is 25.4. The number of nitrogens with zero attached hydrogens (tertiary/aromatic N) is 4. The van der Waals surface area contributed by atoms with Crippen LogP contribution in [0.3, 0.4) is 0 Å². The molecule has 2 aromatic rings. The Balaban J connectivity index is 2.03. The fourth-order valence-corrected chi connectivity index (χ4v) is 4.13. The molecule has 2 atom stereocenters. The van der Waals surface area contributed by atoms with Gasteiger partial charge < -0.3 is 9.80 Å². The standard InChI is InChI=1S/C25H31FN4OS/c1-5-7-14-30(24-13-8-21(15-27)16-28-24)19(3)17-29(6-2)25(31)18-32-20(4)22-9-11-23(26)12-10-22/h7-14,16,19-20H,5-6,17-18H2,1-4H3. The molecule has 7 heteroatoms. The highest BCUT2D eigenvalue weighted by Gasteiger charge is 2.21. The van der Waals surface area contributed by atoms with Gasteiger partial charge in [-0.15, -0.1) is 11.8 Å². The number of likely N-dealkylation sites (N-methyl/N-ethyl adjacent to an activating group) is 1. The van der Waals surface area contributed by atoms with Crippen LogP contribution in [0.1, 0.15) is 50.5 Å². The highest BCUT2D eigenvalue weighted by atomic mass is 32.2. The van der Waals surface area contributed by atoms with Crippen LogP contribution >= 0.6 is 11.8 Å². The molecule has 170 valence electrons. The predicted molar refractivity (Wildman–Crippen MR) is 130 cm³/mol. The van der Waals surface area contributed by atoms with Crippen molar-refractivity contribution in [1.82, 2.24) is 9.88 Å². The minimum absolute atomic E-state index is 0.00153. The maximum absolute atomic E-state index is 13.1. The van der Waals surface area contributed by atoms with Crippen LogP contribution in [0.5, 0.6) is 0 Å². The van der Waals surface area contributed by atoms with Crippen LogP contribution in [-0.2, 0) is 4.79 Å². The summed E-state index contributed by atoms with van der Waals surface area (Å²) >= 11 is 1.55. The second-order valence-electron chi connectivity index (χ2n) is 7.50. The van der Waals surface area contributed by atoms with Gasteiger partial charge in [-0.1, -0.05) is 25.1 Å². The molecule has 1 amide bonds. The van der Waals surface area contributed by atoms with Crippen LogP contribution in [0.15, 0.2) is 54.9 Å². The molecule has 1 aromatic heterocycles. The summed E-state index contributed by atoms with van der Waals surface area (Å²) in [6.07, 6.45) is 6.48. The number of hydrogen-bond acceptors (Lipinski definition) is 5. The minimum atomic E-state index is -0.258. The number of anilines is 1. The molecule has 0 bridgehead atoms. The van der Waals surface area contributed by atoms with Gasteiger partial charge in [0, 0.05) is 36.8 Å². The zero-order valence-corrected chi connectivity index (χ0v) is 20.0. The number of carbonyl (C=O) groups excluding carboxylic acids is 1. The minimum Gasteiger partial charge on any atom is -0.340 e. The van der Waals surface area contributed by atoms with Gasteiger partial charge in [-0.2, -0.15) is 5.26 Å². The van der Waals surface area contributed by atoms with Crippen LogP contribution in [0.2, 0.25) is 0 Å². The molecule has 1 heterocycles. The Morgan fingerprint density at radius 3 is 2.50 bits per heavy atom. The van der Waals surface area contributed by atoms with E-state index in [1.807, 2.05) is 35.9 Å². The Bertz CT molecular complexity index is 924. The first-order valence-electron chi connectivity index (χ1n) is 10.9. The molecule has 0 radical (unpaired) electrons. The number of thioether (sulfide) groups is 1. The molecule has 0 fully saturated rings. The summed E-state index contributed by atoms with van der Waals surface area (Å²) in [5.74, 6) is 0.917. The summed E-state index contributed by atoms with van der Waals surface area (Å²) in [5.41, 5.74) is 1.52. The van der Waals surface area contributed by atoms with Gasteiger partial charge in [-0.25, -0.2) is 9.37 Å². The number of nitriles is 1. The van der Waals surface area contributed by atoms with Gasteiger partial charge in [-0.3, -0.25) is 4.79 Å². The maximum atomic E-state index is 13.1. The van der Waals surface area contributed by atoms with Crippen LogP contribution in [0, 0.1) is 17.1 Å². The Labute approximate surface area is 194 Å². The fourth-order valence-electron chi connectivity index (χ4n) is 3.20. The van der Waals surface area contributed by atoms with E-state index in [9.17, 15) is 9.18 Å². The quantitative estimate of drug-likeness (QED) is 0.445. The van der Waals surface area contributed by atoms with Crippen molar-refractivity contribution in [2.75, 3.05) is 23.7 Å². The van der Waals surface area contributed by atoms with Crippen molar-refractivity contribution < 1.29 is 9.18 Å². The molecule has 2 unspecified atom stereocenters. The van der Waals surface area contributed by atoms with Crippen LogP contribution in [0.25, 0.3) is 0 Å². The molecule has 0 aliphatic rings. The molecular weight excluding hydrogens is 423 g/mol. The van der Waals surface area contributed by atoms with Crippen LogP contribution < -0.4 is 4.90 Å². The van der Waals surface area contributed by atoms with Gasteiger partial charge >= 0.3 is 0 Å². The van der Waals surface area contributed by atoms with Crippen LogP contribution in [0.4, 0.5) is 10.2 Å². The lowest BCUT2D eigenvalue weighted by atomic mass is 10.2. The van der Waals surface area contributed by atoms with Gasteiger partial charge in [0.15, 0.2) is 0 Å². The number of aromatic nitrogens is 1. The Morgan fingerprint density at radius 1 is 1.22 bits per heavy atom. The van der Waals surface area contributed by atoms with Gasteiger partial charge in [0.2, 0.25) is 5.91 Å². The summed E-state index contributed by atoms with van der Waals surface area (Å²) in [4.78, 5) is 21.2. The summed E-state index contributed by atoms with van der Waals surface area (Å²) in [6.45, 7) is 9.29. The number of halogens is 1. The van der Waals surface area contributed by atoms with E-state index in [2.05, 4.69) is 31.0 Å². The molecule has 32 heavy (non-hydrogen) atoms. The molecule has 1 aromatic carbocycles. The van der Waals surface area contributed by atoms with Crippen LogP contribution in [-0.4, -0.2) is 40.7 Å². The summed E-state index contributed by atoms with van der Waals surface area (Å²) < 4.78 is 13.1. The first-order valence-corrected chi connectivity index (χ1v) is 11.9. The third-order valence-electron chi connectivity index (χ3n) is 5.13. The van der Waals surface area contributed by atoms with Crippen molar-refractivity contribution in [2.45, 2.75) is 45.4 Å². The molecular formula is C25H31FN4OS. The first-order chi connectivity index (χ1) is 15.4. The number of carbonyl (C=O) groups is 1. The largest absolute Gasteiger partial charge is 0.340 e. The topological polar surface area (TPSA) is 60.2 Å². The molecule has 5 nitrogen and oxygen atoms in total. The SMILES string of the molecule is CCC=CN(c1ccc(C#N)cn1)C(C)CN(CC)C(=O)CSC(C)c1ccc(F)cc1. The van der Waals surface area contributed by atoms with Gasteiger partial charge in [0.25, 0.3) is 0 Å². The van der Waals surface area contributed by atoms with E-state index in [1.165, 1.54) is 12.1 Å². The normalized spacial score (nSPS) is 12.9. The zero-order valence-electron chi connectivity index (χ0n) is 19.2. The van der Waals surface area contributed by atoms with E-state index in [0.717, 1.165) is 17.8 Å². The molecule has 0 aliphatic carbocycles. The van der Waals surface area contributed by atoms with Crippen molar-refractivity contribution in [3.05, 3.63) is 71.8 Å². The van der Waals surface area contributed by atoms with E-state index in [0.29, 0.717) is 24.4 Å².